The van der Waals surface area contributed by atoms with Crippen LogP contribution in [0.15, 0.2) is 18.2 Å². The van der Waals surface area contributed by atoms with E-state index in [2.05, 4.69) is 0 Å². The first-order chi connectivity index (χ1) is 9.58. The highest BCUT2D eigenvalue weighted by molar-refractivity contribution is 5.95. The minimum atomic E-state index is -0.467. The SMILES string of the molecule is C[C@@H](N)c1ccc(OCC2CCCCC2)c(C(N)=O)c1. The first kappa shape index (κ1) is 14.9. The molecular weight excluding hydrogens is 252 g/mol. The lowest BCUT2D eigenvalue weighted by Crippen LogP contribution is -2.19. The first-order valence-corrected chi connectivity index (χ1v) is 7.40. The summed E-state index contributed by atoms with van der Waals surface area (Å²) < 4.78 is 5.83. The van der Waals surface area contributed by atoms with Gasteiger partial charge in [-0.3, -0.25) is 4.79 Å². The average Bonchev–Trinajstić information content (AvgIpc) is 2.45. The molecule has 0 radical (unpaired) electrons. The summed E-state index contributed by atoms with van der Waals surface area (Å²) in [5.41, 5.74) is 12.6. The zero-order chi connectivity index (χ0) is 14.5. The minimum absolute atomic E-state index is 0.125. The maximum absolute atomic E-state index is 11.5. The second-order valence-corrected chi connectivity index (χ2v) is 5.72. The van der Waals surface area contributed by atoms with Gasteiger partial charge < -0.3 is 16.2 Å². The number of hydrogen-bond acceptors (Lipinski definition) is 3. The fraction of sp³-hybridized carbons (Fsp3) is 0.562. The Bertz CT molecular complexity index is 466. The van der Waals surface area contributed by atoms with E-state index in [1.807, 2.05) is 19.1 Å². The van der Waals surface area contributed by atoms with Gasteiger partial charge in [0.15, 0.2) is 0 Å². The number of carbonyl (C=O) groups excluding carboxylic acids is 1. The summed E-state index contributed by atoms with van der Waals surface area (Å²) in [4.78, 5) is 11.5. The molecule has 1 aliphatic rings. The molecule has 1 aromatic carbocycles. The van der Waals surface area contributed by atoms with Gasteiger partial charge in [0.05, 0.1) is 12.2 Å². The Morgan fingerprint density at radius 2 is 2.05 bits per heavy atom. The van der Waals surface area contributed by atoms with Crippen molar-refractivity contribution >= 4 is 5.91 Å². The van der Waals surface area contributed by atoms with Gasteiger partial charge in [0.25, 0.3) is 5.91 Å². The molecule has 0 spiro atoms. The van der Waals surface area contributed by atoms with E-state index in [1.165, 1.54) is 32.1 Å². The van der Waals surface area contributed by atoms with Crippen molar-refractivity contribution in [2.45, 2.75) is 45.1 Å². The standard InChI is InChI=1S/C16H24N2O2/c1-11(17)13-7-8-15(14(9-13)16(18)19)20-10-12-5-3-2-4-6-12/h7-9,11-12H,2-6,10,17H2,1H3,(H2,18,19)/t11-/m1/s1. The monoisotopic (exact) mass is 276 g/mol. The summed E-state index contributed by atoms with van der Waals surface area (Å²) in [6.45, 7) is 2.54. The van der Waals surface area contributed by atoms with E-state index in [0.29, 0.717) is 23.8 Å². The number of benzene rings is 1. The number of hydrogen-bond donors (Lipinski definition) is 2. The molecule has 1 amide bonds. The van der Waals surface area contributed by atoms with E-state index in [9.17, 15) is 4.79 Å². The second kappa shape index (κ2) is 6.75. The third-order valence-electron chi connectivity index (χ3n) is 3.99. The van der Waals surface area contributed by atoms with Gasteiger partial charge in [0.2, 0.25) is 0 Å². The Labute approximate surface area is 120 Å². The molecule has 4 nitrogen and oxygen atoms in total. The highest BCUT2D eigenvalue weighted by Crippen LogP contribution is 2.27. The molecule has 4 N–H and O–H groups in total. The van der Waals surface area contributed by atoms with E-state index >= 15 is 0 Å². The fourth-order valence-electron chi connectivity index (χ4n) is 2.71. The predicted octanol–water partition coefficient (Wildman–Crippen LogP) is 2.76. The predicted molar refractivity (Wildman–Crippen MR) is 79.6 cm³/mol. The van der Waals surface area contributed by atoms with Crippen molar-refractivity contribution in [2.24, 2.45) is 17.4 Å². The Morgan fingerprint density at radius 3 is 2.65 bits per heavy atom. The van der Waals surface area contributed by atoms with E-state index in [0.717, 1.165) is 5.56 Å². The maximum atomic E-state index is 11.5. The van der Waals surface area contributed by atoms with E-state index in [1.54, 1.807) is 6.07 Å². The Hall–Kier alpha value is -1.55. The average molecular weight is 276 g/mol. The molecule has 0 bridgehead atoms. The van der Waals surface area contributed by atoms with Crippen LogP contribution in [0.4, 0.5) is 0 Å². The van der Waals surface area contributed by atoms with Crippen LogP contribution < -0.4 is 16.2 Å². The fourth-order valence-corrected chi connectivity index (χ4v) is 2.71. The normalized spacial score (nSPS) is 17.7. The van der Waals surface area contributed by atoms with Crippen LogP contribution in [0.3, 0.4) is 0 Å². The molecule has 2 rings (SSSR count). The Kier molecular flexibility index (Phi) is 5.01. The molecule has 0 unspecified atom stereocenters. The van der Waals surface area contributed by atoms with Crippen molar-refractivity contribution in [1.82, 2.24) is 0 Å². The van der Waals surface area contributed by atoms with Crippen LogP contribution in [0.1, 0.15) is 61.0 Å². The van der Waals surface area contributed by atoms with Gasteiger partial charge in [-0.05, 0) is 43.4 Å². The van der Waals surface area contributed by atoms with Crippen LogP contribution in [0.25, 0.3) is 0 Å². The van der Waals surface area contributed by atoms with Gasteiger partial charge >= 0.3 is 0 Å². The zero-order valence-electron chi connectivity index (χ0n) is 12.1. The van der Waals surface area contributed by atoms with Crippen LogP contribution in [-0.2, 0) is 0 Å². The molecule has 110 valence electrons. The highest BCUT2D eigenvalue weighted by atomic mass is 16.5. The summed E-state index contributed by atoms with van der Waals surface area (Å²) >= 11 is 0. The largest absolute Gasteiger partial charge is 0.492 e. The molecule has 0 heterocycles. The van der Waals surface area contributed by atoms with Gasteiger partial charge in [-0.15, -0.1) is 0 Å². The number of amides is 1. The second-order valence-electron chi connectivity index (χ2n) is 5.72. The van der Waals surface area contributed by atoms with Crippen LogP contribution in [0.2, 0.25) is 0 Å². The van der Waals surface area contributed by atoms with Crippen molar-refractivity contribution in [3.05, 3.63) is 29.3 Å². The zero-order valence-corrected chi connectivity index (χ0v) is 12.1. The van der Waals surface area contributed by atoms with Gasteiger partial charge in [-0.25, -0.2) is 0 Å². The van der Waals surface area contributed by atoms with E-state index < -0.39 is 5.91 Å². The van der Waals surface area contributed by atoms with Gasteiger partial charge in [-0.1, -0.05) is 25.3 Å². The third-order valence-corrected chi connectivity index (χ3v) is 3.99. The van der Waals surface area contributed by atoms with Crippen LogP contribution in [0.5, 0.6) is 5.75 Å². The molecular formula is C16H24N2O2. The van der Waals surface area contributed by atoms with E-state index in [-0.39, 0.29) is 6.04 Å². The molecule has 1 saturated carbocycles. The van der Waals surface area contributed by atoms with Crippen LogP contribution in [-0.4, -0.2) is 12.5 Å². The van der Waals surface area contributed by atoms with Crippen LogP contribution in [0, 0.1) is 5.92 Å². The molecule has 0 aromatic heterocycles. The summed E-state index contributed by atoms with van der Waals surface area (Å²) in [7, 11) is 0. The lowest BCUT2D eigenvalue weighted by molar-refractivity contribution is 0.0994. The van der Waals surface area contributed by atoms with E-state index in [4.69, 9.17) is 16.2 Å². The molecule has 1 aromatic rings. The van der Waals surface area contributed by atoms with Gasteiger partial charge in [-0.2, -0.15) is 0 Å². The van der Waals surface area contributed by atoms with Gasteiger partial charge in [0, 0.05) is 6.04 Å². The Morgan fingerprint density at radius 1 is 1.35 bits per heavy atom. The number of ether oxygens (including phenoxy) is 1. The molecule has 1 aliphatic carbocycles. The molecule has 1 atom stereocenters. The third kappa shape index (κ3) is 3.73. The highest BCUT2D eigenvalue weighted by Gasteiger charge is 2.17. The Balaban J connectivity index is 2.07. The molecule has 4 heteroatoms. The van der Waals surface area contributed by atoms with Crippen molar-refractivity contribution in [1.29, 1.82) is 0 Å². The summed E-state index contributed by atoms with van der Waals surface area (Å²) in [6.07, 6.45) is 6.31. The quantitative estimate of drug-likeness (QED) is 0.868. The molecule has 0 aliphatic heterocycles. The number of carbonyl (C=O) groups is 1. The molecule has 20 heavy (non-hydrogen) atoms. The summed E-state index contributed by atoms with van der Waals surface area (Å²) in [5, 5.41) is 0. The summed E-state index contributed by atoms with van der Waals surface area (Å²) in [5.74, 6) is 0.705. The topological polar surface area (TPSA) is 78.3 Å². The molecule has 1 fully saturated rings. The van der Waals surface area contributed by atoms with Crippen molar-refractivity contribution in [3.8, 4) is 5.75 Å². The summed E-state index contributed by atoms with van der Waals surface area (Å²) in [6, 6.07) is 5.32. The smallest absolute Gasteiger partial charge is 0.252 e. The maximum Gasteiger partial charge on any atom is 0.252 e. The number of primary amides is 1. The van der Waals surface area contributed by atoms with Crippen molar-refractivity contribution in [2.75, 3.05) is 6.61 Å². The molecule has 0 saturated heterocycles. The number of rotatable bonds is 5. The van der Waals surface area contributed by atoms with Crippen LogP contribution >= 0.6 is 0 Å². The first-order valence-electron chi connectivity index (χ1n) is 7.40. The van der Waals surface area contributed by atoms with Crippen molar-refractivity contribution < 1.29 is 9.53 Å². The lowest BCUT2D eigenvalue weighted by atomic mass is 9.90. The van der Waals surface area contributed by atoms with Gasteiger partial charge in [0.1, 0.15) is 5.75 Å². The minimum Gasteiger partial charge on any atom is -0.492 e. The number of nitrogens with two attached hydrogens (primary N) is 2. The lowest BCUT2D eigenvalue weighted by Gasteiger charge is -2.22. The van der Waals surface area contributed by atoms with Crippen molar-refractivity contribution in [3.63, 3.8) is 0 Å².